The van der Waals surface area contributed by atoms with Crippen LogP contribution in [0, 0.1) is 0 Å². The van der Waals surface area contributed by atoms with Crippen molar-refractivity contribution in [3.63, 3.8) is 0 Å². The second-order valence-electron chi connectivity index (χ2n) is 5.44. The van der Waals surface area contributed by atoms with Crippen LogP contribution in [-0.4, -0.2) is 35.1 Å². The lowest BCUT2D eigenvalue weighted by atomic mass is 9.78. The average molecular weight is 313 g/mol. The van der Waals surface area contributed by atoms with Crippen molar-refractivity contribution in [1.29, 1.82) is 0 Å². The normalized spacial score (nSPS) is 31.5. The summed E-state index contributed by atoms with van der Waals surface area (Å²) in [6.45, 7) is 1.54. The monoisotopic (exact) mass is 313 g/mol. The van der Waals surface area contributed by atoms with Crippen LogP contribution >= 0.6 is 11.9 Å². The Morgan fingerprint density at radius 1 is 1.14 bits per heavy atom. The Morgan fingerprint density at radius 2 is 2.00 bits per heavy atom. The van der Waals surface area contributed by atoms with Crippen molar-refractivity contribution in [2.45, 2.75) is 17.7 Å². The summed E-state index contributed by atoms with van der Waals surface area (Å²) < 4.78 is 10.9. The molecule has 4 heterocycles. The van der Waals surface area contributed by atoms with E-state index in [0.29, 0.717) is 6.61 Å². The number of rotatable bonds is 3. The van der Waals surface area contributed by atoms with E-state index in [9.17, 15) is 0 Å². The predicted octanol–water partition coefficient (Wildman–Crippen LogP) is 1.67. The average Bonchev–Trinajstić information content (AvgIpc) is 3.26. The van der Waals surface area contributed by atoms with Gasteiger partial charge in [0.2, 0.25) is 0 Å². The molecular formula is C16H17N4OS. The summed E-state index contributed by atoms with van der Waals surface area (Å²) in [6, 6.07) is 12.0. The molecule has 2 aromatic rings. The topological polar surface area (TPSA) is 61.1 Å². The van der Waals surface area contributed by atoms with Crippen molar-refractivity contribution in [2.24, 2.45) is 0 Å². The quantitative estimate of drug-likeness (QED) is 0.874. The van der Waals surface area contributed by atoms with Gasteiger partial charge in [-0.3, -0.25) is 15.3 Å². The Hall–Kier alpha value is -1.47. The minimum atomic E-state index is -0.531. The number of nitrogens with one attached hydrogen (secondary N) is 1. The van der Waals surface area contributed by atoms with E-state index in [1.165, 1.54) is 0 Å². The molecule has 2 fully saturated rings. The molecule has 0 amide bonds. The predicted molar refractivity (Wildman–Crippen MR) is 85.2 cm³/mol. The maximum absolute atomic E-state index is 5.96. The Labute approximate surface area is 134 Å². The molecule has 3 atom stereocenters. The molecule has 0 bridgehead atoms. The maximum Gasteiger partial charge on any atom is 0.138 e. The van der Waals surface area contributed by atoms with Gasteiger partial charge >= 0.3 is 0 Å². The Bertz CT molecular complexity index is 621. The molecule has 2 aliphatic rings. The van der Waals surface area contributed by atoms with Gasteiger partial charge in [0.25, 0.3) is 0 Å². The lowest BCUT2D eigenvalue weighted by Gasteiger charge is -2.37. The third kappa shape index (κ3) is 2.23. The molecule has 0 spiro atoms. The van der Waals surface area contributed by atoms with E-state index in [1.54, 1.807) is 11.9 Å². The third-order valence-electron chi connectivity index (χ3n) is 4.22. The molecule has 22 heavy (non-hydrogen) atoms. The Morgan fingerprint density at radius 3 is 2.68 bits per heavy atom. The summed E-state index contributed by atoms with van der Waals surface area (Å²) in [4.78, 5) is 9.17. The van der Waals surface area contributed by atoms with E-state index in [4.69, 9.17) is 9.46 Å². The Kier molecular flexibility index (Phi) is 3.83. The van der Waals surface area contributed by atoms with Crippen LogP contribution in [0.4, 0.5) is 0 Å². The van der Waals surface area contributed by atoms with Gasteiger partial charge in [-0.2, -0.15) is 4.72 Å². The molecule has 113 valence electrons. The third-order valence-corrected chi connectivity index (χ3v) is 5.14. The number of hydrogen-bond acceptors (Lipinski definition) is 5. The van der Waals surface area contributed by atoms with Crippen molar-refractivity contribution in [3.8, 4) is 0 Å². The molecule has 0 saturated carbocycles. The molecule has 0 aromatic carbocycles. The van der Waals surface area contributed by atoms with Crippen molar-refractivity contribution < 1.29 is 4.74 Å². The van der Waals surface area contributed by atoms with Crippen molar-refractivity contribution >= 4 is 11.9 Å². The van der Waals surface area contributed by atoms with Crippen LogP contribution in [0.5, 0.6) is 0 Å². The van der Waals surface area contributed by atoms with Gasteiger partial charge < -0.3 is 4.74 Å². The fourth-order valence-corrected chi connectivity index (χ4v) is 4.38. The SMILES string of the molecule is c1ccc(C2CS[N]C2(c2ccccn2)C2NCCO2)nc1. The van der Waals surface area contributed by atoms with Gasteiger partial charge in [-0.25, -0.2) is 0 Å². The minimum Gasteiger partial charge on any atom is -0.360 e. The molecule has 1 radical (unpaired) electrons. The lowest BCUT2D eigenvalue weighted by molar-refractivity contribution is 0.0158. The molecule has 5 nitrogen and oxygen atoms in total. The van der Waals surface area contributed by atoms with Gasteiger partial charge in [0.1, 0.15) is 11.8 Å². The van der Waals surface area contributed by atoms with Crippen LogP contribution in [0.15, 0.2) is 48.8 Å². The van der Waals surface area contributed by atoms with Gasteiger partial charge in [0, 0.05) is 36.3 Å². The fourth-order valence-electron chi connectivity index (χ4n) is 3.20. The fraction of sp³-hybridized carbons (Fsp3) is 0.375. The lowest BCUT2D eigenvalue weighted by Crippen LogP contribution is -2.53. The number of aromatic nitrogens is 2. The number of nitrogens with zero attached hydrogens (tertiary/aromatic N) is 3. The first-order valence-electron chi connectivity index (χ1n) is 7.43. The van der Waals surface area contributed by atoms with Crippen LogP contribution in [0.2, 0.25) is 0 Å². The molecule has 3 unspecified atom stereocenters. The van der Waals surface area contributed by atoms with Crippen LogP contribution < -0.4 is 10.0 Å². The summed E-state index contributed by atoms with van der Waals surface area (Å²) in [6.07, 6.45) is 3.49. The van der Waals surface area contributed by atoms with E-state index < -0.39 is 5.54 Å². The number of hydrogen-bond donors (Lipinski definition) is 1. The first-order chi connectivity index (χ1) is 10.9. The minimum absolute atomic E-state index is 0.143. The molecular weight excluding hydrogens is 296 g/mol. The smallest absolute Gasteiger partial charge is 0.138 e. The van der Waals surface area contributed by atoms with Crippen molar-refractivity contribution in [2.75, 3.05) is 18.9 Å². The van der Waals surface area contributed by atoms with Gasteiger partial charge in [0.05, 0.1) is 12.3 Å². The van der Waals surface area contributed by atoms with Crippen molar-refractivity contribution in [1.82, 2.24) is 20.0 Å². The summed E-state index contributed by atoms with van der Waals surface area (Å²) in [5.74, 6) is 1.03. The van der Waals surface area contributed by atoms with Gasteiger partial charge in [-0.15, -0.1) is 0 Å². The van der Waals surface area contributed by atoms with Crippen LogP contribution in [-0.2, 0) is 10.3 Å². The standard InChI is InChI=1S/C16H17N4OS/c1-3-7-17-13(5-1)12-11-22-20-16(12,15-19-9-10-21-15)14-6-2-4-8-18-14/h1-8,12,15,19H,9-11H2. The van der Waals surface area contributed by atoms with Crippen LogP contribution in [0.3, 0.4) is 0 Å². The van der Waals surface area contributed by atoms with E-state index in [1.807, 2.05) is 42.7 Å². The van der Waals surface area contributed by atoms with E-state index in [2.05, 4.69) is 21.4 Å². The van der Waals surface area contributed by atoms with Crippen LogP contribution in [0.1, 0.15) is 17.3 Å². The molecule has 6 heteroatoms. The number of ether oxygens (including phenoxy) is 1. The van der Waals surface area contributed by atoms with Crippen molar-refractivity contribution in [3.05, 3.63) is 60.2 Å². The first-order valence-corrected chi connectivity index (χ1v) is 8.37. The highest BCUT2D eigenvalue weighted by molar-refractivity contribution is 7.97. The van der Waals surface area contributed by atoms with Gasteiger partial charge in [-0.05, 0) is 24.3 Å². The largest absolute Gasteiger partial charge is 0.360 e. The first kappa shape index (κ1) is 14.1. The highest BCUT2D eigenvalue weighted by Crippen LogP contribution is 2.48. The number of pyridine rings is 2. The van der Waals surface area contributed by atoms with E-state index in [-0.39, 0.29) is 12.1 Å². The zero-order chi connectivity index (χ0) is 14.8. The summed E-state index contributed by atoms with van der Waals surface area (Å²) in [5, 5.41) is 3.44. The summed E-state index contributed by atoms with van der Waals surface area (Å²) >= 11 is 1.59. The van der Waals surface area contributed by atoms with Gasteiger partial charge in [0.15, 0.2) is 0 Å². The molecule has 2 aliphatic heterocycles. The molecule has 2 aromatic heterocycles. The van der Waals surface area contributed by atoms with E-state index >= 15 is 0 Å². The highest BCUT2D eigenvalue weighted by Gasteiger charge is 2.55. The maximum atomic E-state index is 5.96. The zero-order valence-electron chi connectivity index (χ0n) is 12.1. The summed E-state index contributed by atoms with van der Waals surface area (Å²) in [5.41, 5.74) is 1.45. The molecule has 0 aliphatic carbocycles. The van der Waals surface area contributed by atoms with Crippen LogP contribution in [0.25, 0.3) is 0 Å². The van der Waals surface area contributed by atoms with E-state index in [0.717, 1.165) is 23.7 Å². The molecule has 1 N–H and O–H groups in total. The molecule has 4 rings (SSSR count). The second-order valence-corrected chi connectivity index (χ2v) is 6.21. The highest BCUT2D eigenvalue weighted by atomic mass is 32.2. The van der Waals surface area contributed by atoms with Gasteiger partial charge in [-0.1, -0.05) is 24.1 Å². The second kappa shape index (κ2) is 5.96. The Balaban J connectivity index is 1.83. The molecule has 2 saturated heterocycles. The summed E-state index contributed by atoms with van der Waals surface area (Å²) in [7, 11) is 0. The zero-order valence-corrected chi connectivity index (χ0v) is 12.9.